The molecule has 1 radical (unpaired) electrons. The zero-order valence-corrected chi connectivity index (χ0v) is 14.1. The lowest BCUT2D eigenvalue weighted by Gasteiger charge is -2.34. The molecule has 5 heteroatoms. The lowest BCUT2D eigenvalue weighted by Crippen LogP contribution is -2.48. The minimum absolute atomic E-state index is 0.0997. The third-order valence-corrected chi connectivity index (χ3v) is 4.70. The number of rotatable bonds is 3. The summed E-state index contributed by atoms with van der Waals surface area (Å²) in [5.74, 6) is 1.73. The van der Waals surface area contributed by atoms with Gasteiger partial charge in [0.15, 0.2) is 11.5 Å². The van der Waals surface area contributed by atoms with Gasteiger partial charge in [-0.2, -0.15) is 0 Å². The summed E-state index contributed by atoms with van der Waals surface area (Å²) in [6.45, 7) is 8.24. The standard InChI is InChI=1S/C20H21N2O3/c1-15-2-5-17(6-3-15)20(23)22-10-8-21(9-11-22)13-16-4-7-18-19(12-16)25-14-24-18/h2-7,12H,1,8-11,13-14H2. The Morgan fingerprint density at radius 1 is 0.960 bits per heavy atom. The lowest BCUT2D eigenvalue weighted by molar-refractivity contribution is 0.0628. The molecule has 25 heavy (non-hydrogen) atoms. The number of hydrogen-bond donors (Lipinski definition) is 0. The maximum absolute atomic E-state index is 12.6. The summed E-state index contributed by atoms with van der Waals surface area (Å²) in [6, 6.07) is 13.5. The smallest absolute Gasteiger partial charge is 0.253 e. The molecule has 2 aromatic rings. The maximum Gasteiger partial charge on any atom is 0.253 e. The summed E-state index contributed by atoms with van der Waals surface area (Å²) in [4.78, 5) is 16.8. The molecule has 1 amide bonds. The van der Waals surface area contributed by atoms with Crippen LogP contribution in [0.15, 0.2) is 42.5 Å². The molecule has 2 heterocycles. The van der Waals surface area contributed by atoms with E-state index in [0.717, 1.165) is 55.3 Å². The van der Waals surface area contributed by atoms with E-state index in [2.05, 4.69) is 17.9 Å². The molecule has 129 valence electrons. The molecule has 2 aromatic carbocycles. The molecule has 0 spiro atoms. The highest BCUT2D eigenvalue weighted by Gasteiger charge is 2.22. The van der Waals surface area contributed by atoms with E-state index in [-0.39, 0.29) is 5.91 Å². The van der Waals surface area contributed by atoms with Crippen LogP contribution in [0.5, 0.6) is 11.5 Å². The Kier molecular flexibility index (Phi) is 4.32. The van der Waals surface area contributed by atoms with Gasteiger partial charge in [-0.1, -0.05) is 18.2 Å². The van der Waals surface area contributed by atoms with Crippen molar-refractivity contribution in [2.75, 3.05) is 33.0 Å². The summed E-state index contributed by atoms with van der Waals surface area (Å²) in [6.07, 6.45) is 0. The third kappa shape index (κ3) is 3.46. The van der Waals surface area contributed by atoms with Gasteiger partial charge in [-0.25, -0.2) is 0 Å². The predicted molar refractivity (Wildman–Crippen MR) is 94.6 cm³/mol. The van der Waals surface area contributed by atoms with Gasteiger partial charge in [0, 0.05) is 38.3 Å². The second-order valence-corrected chi connectivity index (χ2v) is 6.45. The molecule has 0 aliphatic carbocycles. The van der Waals surface area contributed by atoms with Gasteiger partial charge in [-0.15, -0.1) is 0 Å². The Morgan fingerprint density at radius 2 is 1.68 bits per heavy atom. The molecule has 1 fully saturated rings. The number of benzene rings is 2. The van der Waals surface area contributed by atoms with Gasteiger partial charge in [0.25, 0.3) is 5.91 Å². The number of ether oxygens (including phenoxy) is 2. The molecular formula is C20H21N2O3. The van der Waals surface area contributed by atoms with Crippen molar-refractivity contribution in [1.82, 2.24) is 9.80 Å². The average Bonchev–Trinajstić information content (AvgIpc) is 3.10. The van der Waals surface area contributed by atoms with Crippen LogP contribution in [0.3, 0.4) is 0 Å². The Balaban J connectivity index is 1.33. The Bertz CT molecular complexity index is 765. The van der Waals surface area contributed by atoms with E-state index < -0.39 is 0 Å². The molecule has 5 nitrogen and oxygen atoms in total. The SMILES string of the molecule is [CH2]c1ccc(C(=O)N2CCN(Cc3ccc4c(c3)OCO4)CC2)cc1. The fourth-order valence-corrected chi connectivity index (χ4v) is 3.24. The summed E-state index contributed by atoms with van der Waals surface area (Å²) < 4.78 is 10.8. The predicted octanol–water partition coefficient (Wildman–Crippen LogP) is 2.56. The van der Waals surface area contributed by atoms with Crippen molar-refractivity contribution in [3.63, 3.8) is 0 Å². The Morgan fingerprint density at radius 3 is 2.44 bits per heavy atom. The molecular weight excluding hydrogens is 316 g/mol. The third-order valence-electron chi connectivity index (χ3n) is 4.70. The van der Waals surface area contributed by atoms with Crippen molar-refractivity contribution in [3.8, 4) is 11.5 Å². The van der Waals surface area contributed by atoms with Gasteiger partial charge in [0.1, 0.15) is 0 Å². The van der Waals surface area contributed by atoms with Crippen LogP contribution in [0.25, 0.3) is 0 Å². The van der Waals surface area contributed by atoms with Crippen molar-refractivity contribution in [3.05, 3.63) is 66.1 Å². The normalized spacial score (nSPS) is 16.9. The van der Waals surface area contributed by atoms with Gasteiger partial charge in [-0.3, -0.25) is 9.69 Å². The summed E-state index contributed by atoms with van der Waals surface area (Å²) >= 11 is 0. The summed E-state index contributed by atoms with van der Waals surface area (Å²) in [5, 5.41) is 0. The molecule has 0 unspecified atom stereocenters. The molecule has 0 bridgehead atoms. The molecule has 2 aliphatic heterocycles. The monoisotopic (exact) mass is 337 g/mol. The lowest BCUT2D eigenvalue weighted by atomic mass is 10.1. The highest BCUT2D eigenvalue weighted by atomic mass is 16.7. The van der Waals surface area contributed by atoms with Crippen LogP contribution < -0.4 is 9.47 Å². The molecule has 2 aliphatic rings. The van der Waals surface area contributed by atoms with Crippen molar-refractivity contribution in [2.45, 2.75) is 6.54 Å². The van der Waals surface area contributed by atoms with E-state index >= 15 is 0 Å². The number of carbonyl (C=O) groups is 1. The average molecular weight is 337 g/mol. The first-order chi connectivity index (χ1) is 12.2. The highest BCUT2D eigenvalue weighted by molar-refractivity contribution is 5.94. The van der Waals surface area contributed by atoms with E-state index in [4.69, 9.17) is 9.47 Å². The van der Waals surface area contributed by atoms with E-state index in [0.29, 0.717) is 6.79 Å². The van der Waals surface area contributed by atoms with Gasteiger partial charge in [0.2, 0.25) is 6.79 Å². The summed E-state index contributed by atoms with van der Waals surface area (Å²) in [5.41, 5.74) is 2.86. The second kappa shape index (κ2) is 6.76. The van der Waals surface area contributed by atoms with Crippen molar-refractivity contribution < 1.29 is 14.3 Å². The quantitative estimate of drug-likeness (QED) is 0.863. The molecule has 0 atom stereocenters. The first kappa shape index (κ1) is 16.0. The van der Waals surface area contributed by atoms with Crippen LogP contribution in [0, 0.1) is 6.92 Å². The van der Waals surface area contributed by atoms with Gasteiger partial charge in [0.05, 0.1) is 0 Å². The molecule has 1 saturated heterocycles. The first-order valence-corrected chi connectivity index (χ1v) is 8.51. The van der Waals surface area contributed by atoms with Crippen LogP contribution in [-0.4, -0.2) is 48.7 Å². The molecule has 0 aromatic heterocycles. The Hall–Kier alpha value is -2.53. The fraction of sp³-hybridized carbons (Fsp3) is 0.300. The number of piperazine rings is 1. The molecule has 4 rings (SSSR count). The number of carbonyl (C=O) groups excluding carboxylic acids is 1. The van der Waals surface area contributed by atoms with Gasteiger partial charge < -0.3 is 14.4 Å². The second-order valence-electron chi connectivity index (χ2n) is 6.45. The molecule has 0 N–H and O–H groups in total. The van der Waals surface area contributed by atoms with Gasteiger partial charge in [-0.05, 0) is 42.3 Å². The number of nitrogens with zero attached hydrogens (tertiary/aromatic N) is 2. The molecule has 0 saturated carbocycles. The number of fused-ring (bicyclic) bond motifs is 1. The maximum atomic E-state index is 12.6. The largest absolute Gasteiger partial charge is 0.454 e. The minimum Gasteiger partial charge on any atom is -0.454 e. The van der Waals surface area contributed by atoms with Crippen LogP contribution >= 0.6 is 0 Å². The van der Waals surface area contributed by atoms with E-state index in [9.17, 15) is 4.79 Å². The van der Waals surface area contributed by atoms with Crippen molar-refractivity contribution in [2.24, 2.45) is 0 Å². The van der Waals surface area contributed by atoms with Gasteiger partial charge >= 0.3 is 0 Å². The van der Waals surface area contributed by atoms with E-state index in [1.807, 2.05) is 41.3 Å². The van der Waals surface area contributed by atoms with Crippen LogP contribution in [0.1, 0.15) is 21.5 Å². The fourth-order valence-electron chi connectivity index (χ4n) is 3.24. The minimum atomic E-state index is 0.0997. The van der Waals surface area contributed by atoms with E-state index in [1.54, 1.807) is 0 Å². The number of amides is 1. The van der Waals surface area contributed by atoms with Crippen molar-refractivity contribution in [1.29, 1.82) is 0 Å². The topological polar surface area (TPSA) is 42.0 Å². The highest BCUT2D eigenvalue weighted by Crippen LogP contribution is 2.32. The van der Waals surface area contributed by atoms with Crippen LogP contribution in [0.4, 0.5) is 0 Å². The Labute approximate surface area is 147 Å². The van der Waals surface area contributed by atoms with Crippen LogP contribution in [-0.2, 0) is 6.54 Å². The summed E-state index contributed by atoms with van der Waals surface area (Å²) in [7, 11) is 0. The zero-order chi connectivity index (χ0) is 17.2. The zero-order valence-electron chi connectivity index (χ0n) is 14.1. The van der Waals surface area contributed by atoms with Crippen LogP contribution in [0.2, 0.25) is 0 Å². The van der Waals surface area contributed by atoms with E-state index in [1.165, 1.54) is 5.56 Å². The number of hydrogen-bond acceptors (Lipinski definition) is 4. The first-order valence-electron chi connectivity index (χ1n) is 8.51. The van der Waals surface area contributed by atoms with Crippen molar-refractivity contribution >= 4 is 5.91 Å².